The van der Waals surface area contributed by atoms with Gasteiger partial charge in [0, 0.05) is 19.1 Å². The zero-order chi connectivity index (χ0) is 10.6. The van der Waals surface area contributed by atoms with Crippen LogP contribution in [-0.2, 0) is 6.54 Å². The van der Waals surface area contributed by atoms with Gasteiger partial charge in [-0.05, 0) is 31.9 Å². The Morgan fingerprint density at radius 1 is 1.36 bits per heavy atom. The molecule has 1 rings (SSSR count). The molecule has 0 spiro atoms. The van der Waals surface area contributed by atoms with Gasteiger partial charge in [0.15, 0.2) is 0 Å². The molecule has 0 aromatic heterocycles. The number of rotatable bonds is 4. The standard InChI is InChI=1S/C12H20N2/c1-9-4-5-10(2)12(6-9)8-14-7-11(3)13/h4-6,11,14H,7-8,13H2,1-3H3. The number of hydrogen-bond donors (Lipinski definition) is 2. The highest BCUT2D eigenvalue weighted by molar-refractivity contribution is 5.30. The molecule has 0 bridgehead atoms. The van der Waals surface area contributed by atoms with Crippen LogP contribution in [0.15, 0.2) is 18.2 Å². The van der Waals surface area contributed by atoms with Crippen molar-refractivity contribution in [1.82, 2.24) is 5.32 Å². The van der Waals surface area contributed by atoms with E-state index in [-0.39, 0.29) is 6.04 Å². The van der Waals surface area contributed by atoms with E-state index in [1.807, 2.05) is 6.92 Å². The van der Waals surface area contributed by atoms with Gasteiger partial charge in [-0.1, -0.05) is 23.8 Å². The second kappa shape index (κ2) is 5.13. The molecule has 0 aliphatic rings. The average Bonchev–Trinajstić information content (AvgIpc) is 2.10. The summed E-state index contributed by atoms with van der Waals surface area (Å²) in [7, 11) is 0. The van der Waals surface area contributed by atoms with Crippen LogP contribution >= 0.6 is 0 Å². The fourth-order valence-electron chi connectivity index (χ4n) is 1.43. The second-order valence-corrected chi connectivity index (χ2v) is 4.04. The third-order valence-corrected chi connectivity index (χ3v) is 2.29. The zero-order valence-corrected chi connectivity index (χ0v) is 9.30. The van der Waals surface area contributed by atoms with Crippen molar-refractivity contribution < 1.29 is 0 Å². The minimum absolute atomic E-state index is 0.222. The summed E-state index contributed by atoms with van der Waals surface area (Å²) in [6.07, 6.45) is 0. The van der Waals surface area contributed by atoms with Crippen molar-refractivity contribution >= 4 is 0 Å². The Labute approximate surface area is 86.5 Å². The fourth-order valence-corrected chi connectivity index (χ4v) is 1.43. The van der Waals surface area contributed by atoms with Crippen LogP contribution in [0.5, 0.6) is 0 Å². The molecule has 0 fully saturated rings. The number of nitrogens with one attached hydrogen (secondary N) is 1. The fraction of sp³-hybridized carbons (Fsp3) is 0.500. The summed E-state index contributed by atoms with van der Waals surface area (Å²) in [6, 6.07) is 6.76. The van der Waals surface area contributed by atoms with E-state index in [1.54, 1.807) is 0 Å². The van der Waals surface area contributed by atoms with Crippen molar-refractivity contribution in [1.29, 1.82) is 0 Å². The second-order valence-electron chi connectivity index (χ2n) is 4.04. The van der Waals surface area contributed by atoms with Crippen LogP contribution in [0.1, 0.15) is 23.6 Å². The maximum atomic E-state index is 5.66. The summed E-state index contributed by atoms with van der Waals surface area (Å²) >= 11 is 0. The van der Waals surface area contributed by atoms with Crippen molar-refractivity contribution in [2.24, 2.45) is 5.73 Å². The van der Waals surface area contributed by atoms with E-state index >= 15 is 0 Å². The Morgan fingerprint density at radius 3 is 2.71 bits per heavy atom. The Kier molecular flexibility index (Phi) is 4.11. The first kappa shape index (κ1) is 11.2. The lowest BCUT2D eigenvalue weighted by molar-refractivity contribution is 0.607. The van der Waals surface area contributed by atoms with Crippen LogP contribution in [-0.4, -0.2) is 12.6 Å². The normalized spacial score (nSPS) is 12.9. The number of benzene rings is 1. The first-order valence-corrected chi connectivity index (χ1v) is 5.12. The van der Waals surface area contributed by atoms with Gasteiger partial charge in [0.05, 0.1) is 0 Å². The highest BCUT2D eigenvalue weighted by Gasteiger charge is 1.99. The molecule has 0 radical (unpaired) electrons. The van der Waals surface area contributed by atoms with Crippen LogP contribution in [0.2, 0.25) is 0 Å². The van der Waals surface area contributed by atoms with Crippen LogP contribution in [0.3, 0.4) is 0 Å². The molecule has 14 heavy (non-hydrogen) atoms. The lowest BCUT2D eigenvalue weighted by Gasteiger charge is -2.10. The first-order valence-electron chi connectivity index (χ1n) is 5.12. The van der Waals surface area contributed by atoms with Crippen molar-refractivity contribution in [3.63, 3.8) is 0 Å². The summed E-state index contributed by atoms with van der Waals surface area (Å²) < 4.78 is 0. The highest BCUT2D eigenvalue weighted by atomic mass is 14.9. The molecule has 0 saturated carbocycles. The highest BCUT2D eigenvalue weighted by Crippen LogP contribution is 2.09. The molecule has 78 valence electrons. The molecule has 1 unspecified atom stereocenters. The number of nitrogens with two attached hydrogens (primary N) is 1. The van der Waals surface area contributed by atoms with Crippen molar-refractivity contribution in [3.8, 4) is 0 Å². The molecule has 0 amide bonds. The summed E-state index contributed by atoms with van der Waals surface area (Å²) in [5.41, 5.74) is 9.68. The summed E-state index contributed by atoms with van der Waals surface area (Å²) in [6.45, 7) is 8.05. The van der Waals surface area contributed by atoms with Gasteiger partial charge in [-0.25, -0.2) is 0 Å². The van der Waals surface area contributed by atoms with Gasteiger partial charge in [-0.15, -0.1) is 0 Å². The molecule has 1 aromatic rings. The van der Waals surface area contributed by atoms with E-state index in [4.69, 9.17) is 5.73 Å². The molecular weight excluding hydrogens is 172 g/mol. The van der Waals surface area contributed by atoms with Gasteiger partial charge in [-0.2, -0.15) is 0 Å². The Balaban J connectivity index is 2.53. The molecule has 1 atom stereocenters. The van der Waals surface area contributed by atoms with Crippen molar-refractivity contribution in [2.45, 2.75) is 33.4 Å². The van der Waals surface area contributed by atoms with Gasteiger partial charge in [0.1, 0.15) is 0 Å². The van der Waals surface area contributed by atoms with E-state index in [1.165, 1.54) is 16.7 Å². The zero-order valence-electron chi connectivity index (χ0n) is 9.30. The van der Waals surface area contributed by atoms with Crippen molar-refractivity contribution in [2.75, 3.05) is 6.54 Å². The SMILES string of the molecule is Cc1ccc(C)c(CNCC(C)N)c1. The van der Waals surface area contributed by atoms with Gasteiger partial charge in [0.25, 0.3) is 0 Å². The lowest BCUT2D eigenvalue weighted by Crippen LogP contribution is -2.30. The van der Waals surface area contributed by atoms with E-state index in [9.17, 15) is 0 Å². The van der Waals surface area contributed by atoms with Crippen LogP contribution in [0.4, 0.5) is 0 Å². The quantitative estimate of drug-likeness (QED) is 0.762. The molecule has 0 saturated heterocycles. The number of aryl methyl sites for hydroxylation is 2. The molecule has 0 aliphatic carbocycles. The van der Waals surface area contributed by atoms with E-state index in [0.29, 0.717) is 0 Å². The maximum absolute atomic E-state index is 5.66. The average molecular weight is 192 g/mol. The molecule has 2 nitrogen and oxygen atoms in total. The minimum atomic E-state index is 0.222. The molecule has 1 aromatic carbocycles. The van der Waals surface area contributed by atoms with Crippen molar-refractivity contribution in [3.05, 3.63) is 34.9 Å². The first-order chi connectivity index (χ1) is 6.59. The molecule has 2 heteroatoms. The Morgan fingerprint density at radius 2 is 2.07 bits per heavy atom. The van der Waals surface area contributed by atoms with Crippen LogP contribution in [0.25, 0.3) is 0 Å². The predicted octanol–water partition coefficient (Wildman–Crippen LogP) is 1.74. The van der Waals surface area contributed by atoms with Gasteiger partial charge in [0.2, 0.25) is 0 Å². The van der Waals surface area contributed by atoms with E-state index < -0.39 is 0 Å². The maximum Gasteiger partial charge on any atom is 0.0208 e. The minimum Gasteiger partial charge on any atom is -0.327 e. The molecule has 0 heterocycles. The van der Waals surface area contributed by atoms with Crippen LogP contribution < -0.4 is 11.1 Å². The van der Waals surface area contributed by atoms with Gasteiger partial charge in [-0.3, -0.25) is 0 Å². The topological polar surface area (TPSA) is 38.0 Å². The molecule has 3 N–H and O–H groups in total. The smallest absolute Gasteiger partial charge is 0.0208 e. The number of hydrogen-bond acceptors (Lipinski definition) is 2. The summed E-state index contributed by atoms with van der Waals surface area (Å²) in [4.78, 5) is 0. The van der Waals surface area contributed by atoms with Crippen LogP contribution in [0, 0.1) is 13.8 Å². The van der Waals surface area contributed by atoms with E-state index in [0.717, 1.165) is 13.1 Å². The Hall–Kier alpha value is -0.860. The van der Waals surface area contributed by atoms with Gasteiger partial charge >= 0.3 is 0 Å². The lowest BCUT2D eigenvalue weighted by atomic mass is 10.1. The van der Waals surface area contributed by atoms with Gasteiger partial charge < -0.3 is 11.1 Å². The third kappa shape index (κ3) is 3.48. The predicted molar refractivity (Wildman–Crippen MR) is 61.3 cm³/mol. The summed E-state index contributed by atoms with van der Waals surface area (Å²) in [5, 5.41) is 3.34. The largest absolute Gasteiger partial charge is 0.327 e. The third-order valence-electron chi connectivity index (χ3n) is 2.29. The summed E-state index contributed by atoms with van der Waals surface area (Å²) in [5.74, 6) is 0. The van der Waals surface area contributed by atoms with E-state index in [2.05, 4.69) is 37.4 Å². The molecule has 0 aliphatic heterocycles. The Bertz CT molecular complexity index is 292. The molecular formula is C12H20N2. The monoisotopic (exact) mass is 192 g/mol.